The Balaban J connectivity index is 2.39. The van der Waals surface area contributed by atoms with Crippen LogP contribution < -0.4 is 5.73 Å². The maximum Gasteiger partial charge on any atom is 0.243 e. The molecule has 1 aliphatic heterocycles. The Morgan fingerprint density at radius 1 is 1.26 bits per heavy atom. The minimum absolute atomic E-state index is 0.319. The number of benzene rings is 1. The molecule has 19 heavy (non-hydrogen) atoms. The van der Waals surface area contributed by atoms with Crippen molar-refractivity contribution in [2.24, 2.45) is 0 Å². The summed E-state index contributed by atoms with van der Waals surface area (Å²) in [5.74, 6) is 0. The topological polar surface area (TPSA) is 63.4 Å². The summed E-state index contributed by atoms with van der Waals surface area (Å²) < 4.78 is 27.0. The van der Waals surface area contributed by atoms with Crippen molar-refractivity contribution in [2.45, 2.75) is 36.2 Å². The number of hydrogen-bond acceptors (Lipinski definition) is 4. The lowest BCUT2D eigenvalue weighted by atomic mass is 10.2. The van der Waals surface area contributed by atoms with Crippen LogP contribution in [0.25, 0.3) is 0 Å². The van der Waals surface area contributed by atoms with Crippen molar-refractivity contribution in [1.82, 2.24) is 4.31 Å². The Bertz CT molecular complexity index is 562. The molecule has 0 amide bonds. The molecule has 6 heteroatoms. The Hall–Kier alpha value is -0.720. The first-order valence-electron chi connectivity index (χ1n) is 6.33. The molecule has 2 unspecified atom stereocenters. The summed E-state index contributed by atoms with van der Waals surface area (Å²) in [5, 5.41) is 0.639. The number of sulfonamides is 1. The van der Waals surface area contributed by atoms with Crippen molar-refractivity contribution < 1.29 is 8.42 Å². The highest BCUT2D eigenvalue weighted by atomic mass is 32.2. The standard InChI is InChI=1S/C13H20N2O2S2/c1-9-7-15(8-10(2)18-9)19(16,17)13-6-4-5-12(14)11(13)3/h4-6,9-10H,7-8,14H2,1-3H3. The van der Waals surface area contributed by atoms with E-state index in [0.29, 0.717) is 39.7 Å². The second-order valence-electron chi connectivity index (χ2n) is 5.05. The Kier molecular flexibility index (Phi) is 4.13. The zero-order chi connectivity index (χ0) is 14.2. The van der Waals surface area contributed by atoms with Gasteiger partial charge in [-0.25, -0.2) is 8.42 Å². The normalized spacial score (nSPS) is 25.4. The first-order valence-corrected chi connectivity index (χ1v) is 8.71. The van der Waals surface area contributed by atoms with E-state index < -0.39 is 10.0 Å². The maximum atomic E-state index is 12.7. The average Bonchev–Trinajstić information content (AvgIpc) is 2.31. The molecule has 2 rings (SSSR count). The highest BCUT2D eigenvalue weighted by Crippen LogP contribution is 2.30. The van der Waals surface area contributed by atoms with Gasteiger partial charge in [0.25, 0.3) is 0 Å². The number of nitrogens with two attached hydrogens (primary N) is 1. The van der Waals surface area contributed by atoms with E-state index in [-0.39, 0.29) is 0 Å². The van der Waals surface area contributed by atoms with Gasteiger partial charge in [0.1, 0.15) is 0 Å². The van der Waals surface area contributed by atoms with E-state index in [1.165, 1.54) is 0 Å². The number of nitrogen functional groups attached to an aromatic ring is 1. The molecule has 1 aliphatic rings. The Labute approximate surface area is 119 Å². The van der Waals surface area contributed by atoms with Gasteiger partial charge in [0.05, 0.1) is 4.90 Å². The van der Waals surface area contributed by atoms with Gasteiger partial charge in [0, 0.05) is 29.3 Å². The summed E-state index contributed by atoms with van der Waals surface area (Å²) in [6.07, 6.45) is 0. The van der Waals surface area contributed by atoms with Gasteiger partial charge >= 0.3 is 0 Å². The fourth-order valence-corrected chi connectivity index (χ4v) is 5.76. The summed E-state index contributed by atoms with van der Waals surface area (Å²) in [5.41, 5.74) is 6.98. The zero-order valence-electron chi connectivity index (χ0n) is 11.5. The fraction of sp³-hybridized carbons (Fsp3) is 0.538. The van der Waals surface area contributed by atoms with Crippen molar-refractivity contribution in [3.63, 3.8) is 0 Å². The van der Waals surface area contributed by atoms with E-state index in [1.807, 2.05) is 11.8 Å². The quantitative estimate of drug-likeness (QED) is 0.850. The predicted octanol–water partition coefficient (Wildman–Crippen LogP) is 2.09. The monoisotopic (exact) mass is 300 g/mol. The molecule has 1 aromatic carbocycles. The number of nitrogens with zero attached hydrogens (tertiary/aromatic N) is 1. The van der Waals surface area contributed by atoms with Crippen molar-refractivity contribution in [1.29, 1.82) is 0 Å². The molecule has 2 atom stereocenters. The predicted molar refractivity (Wildman–Crippen MR) is 80.9 cm³/mol. The first-order chi connectivity index (χ1) is 8.82. The summed E-state index contributed by atoms with van der Waals surface area (Å²) in [4.78, 5) is 0.332. The number of rotatable bonds is 2. The fourth-order valence-electron chi connectivity index (χ4n) is 2.38. The molecule has 4 nitrogen and oxygen atoms in total. The molecule has 0 spiro atoms. The van der Waals surface area contributed by atoms with Crippen molar-refractivity contribution >= 4 is 27.5 Å². The van der Waals surface area contributed by atoms with Crippen molar-refractivity contribution in [3.05, 3.63) is 23.8 Å². The molecule has 1 fully saturated rings. The van der Waals surface area contributed by atoms with Crippen LogP contribution in [-0.4, -0.2) is 36.3 Å². The minimum atomic E-state index is -3.44. The van der Waals surface area contributed by atoms with Crippen LogP contribution in [0, 0.1) is 6.92 Å². The SMILES string of the molecule is Cc1c(N)cccc1S(=O)(=O)N1CC(C)SC(C)C1. The lowest BCUT2D eigenvalue weighted by Gasteiger charge is -2.34. The Morgan fingerprint density at radius 2 is 1.84 bits per heavy atom. The van der Waals surface area contributed by atoms with E-state index in [0.717, 1.165) is 0 Å². The maximum absolute atomic E-state index is 12.7. The van der Waals surface area contributed by atoms with Crippen LogP contribution in [0.2, 0.25) is 0 Å². The van der Waals surface area contributed by atoms with Crippen LogP contribution in [-0.2, 0) is 10.0 Å². The lowest BCUT2D eigenvalue weighted by molar-refractivity contribution is 0.404. The molecule has 0 radical (unpaired) electrons. The van der Waals surface area contributed by atoms with Gasteiger partial charge in [0.15, 0.2) is 0 Å². The third-order valence-corrected chi connectivity index (χ3v) is 6.53. The third kappa shape index (κ3) is 2.90. The average molecular weight is 300 g/mol. The van der Waals surface area contributed by atoms with Gasteiger partial charge in [-0.3, -0.25) is 0 Å². The van der Waals surface area contributed by atoms with E-state index in [1.54, 1.807) is 29.4 Å². The highest BCUT2D eigenvalue weighted by Gasteiger charge is 2.32. The zero-order valence-corrected chi connectivity index (χ0v) is 13.1. The van der Waals surface area contributed by atoms with Crippen LogP contribution >= 0.6 is 11.8 Å². The van der Waals surface area contributed by atoms with Crippen LogP contribution in [0.1, 0.15) is 19.4 Å². The molecule has 1 saturated heterocycles. The molecule has 1 heterocycles. The summed E-state index contributed by atoms with van der Waals surface area (Å²) in [7, 11) is -3.44. The van der Waals surface area contributed by atoms with E-state index >= 15 is 0 Å². The highest BCUT2D eigenvalue weighted by molar-refractivity contribution is 8.00. The molecular weight excluding hydrogens is 280 g/mol. The smallest absolute Gasteiger partial charge is 0.243 e. The minimum Gasteiger partial charge on any atom is -0.398 e. The van der Waals surface area contributed by atoms with Crippen LogP contribution in [0.4, 0.5) is 5.69 Å². The van der Waals surface area contributed by atoms with Gasteiger partial charge in [-0.1, -0.05) is 19.9 Å². The molecule has 106 valence electrons. The van der Waals surface area contributed by atoms with Crippen LogP contribution in [0.3, 0.4) is 0 Å². The van der Waals surface area contributed by atoms with Gasteiger partial charge in [0.2, 0.25) is 10.0 Å². The molecule has 0 saturated carbocycles. The van der Waals surface area contributed by atoms with E-state index in [4.69, 9.17) is 5.73 Å². The van der Waals surface area contributed by atoms with E-state index in [2.05, 4.69) is 13.8 Å². The number of hydrogen-bond donors (Lipinski definition) is 1. The third-order valence-electron chi connectivity index (χ3n) is 3.33. The first kappa shape index (κ1) is 14.7. The molecule has 0 bridgehead atoms. The van der Waals surface area contributed by atoms with Crippen LogP contribution in [0.15, 0.2) is 23.1 Å². The molecule has 0 aromatic heterocycles. The van der Waals surface area contributed by atoms with Gasteiger partial charge < -0.3 is 5.73 Å². The molecule has 2 N–H and O–H groups in total. The van der Waals surface area contributed by atoms with E-state index in [9.17, 15) is 8.42 Å². The lowest BCUT2D eigenvalue weighted by Crippen LogP contribution is -2.44. The molecule has 1 aromatic rings. The summed E-state index contributed by atoms with van der Waals surface area (Å²) in [6.45, 7) is 7.01. The van der Waals surface area contributed by atoms with Gasteiger partial charge in [-0.2, -0.15) is 16.1 Å². The summed E-state index contributed by atoms with van der Waals surface area (Å²) >= 11 is 1.83. The van der Waals surface area contributed by atoms with Gasteiger partial charge in [-0.05, 0) is 24.6 Å². The molecule has 0 aliphatic carbocycles. The van der Waals surface area contributed by atoms with Gasteiger partial charge in [-0.15, -0.1) is 0 Å². The second-order valence-corrected chi connectivity index (χ2v) is 8.84. The molecular formula is C13H20N2O2S2. The van der Waals surface area contributed by atoms with Crippen LogP contribution in [0.5, 0.6) is 0 Å². The largest absolute Gasteiger partial charge is 0.398 e. The van der Waals surface area contributed by atoms with Crippen molar-refractivity contribution in [3.8, 4) is 0 Å². The number of anilines is 1. The Morgan fingerprint density at radius 3 is 2.42 bits per heavy atom. The second kappa shape index (κ2) is 5.34. The summed E-state index contributed by atoms with van der Waals surface area (Å²) in [6, 6.07) is 5.06. The number of thioether (sulfide) groups is 1. The van der Waals surface area contributed by atoms with Crippen molar-refractivity contribution in [2.75, 3.05) is 18.8 Å².